The van der Waals surface area contributed by atoms with Crippen LogP contribution < -0.4 is 0 Å². The maximum Gasteiger partial charge on any atom is 0.230 e. The van der Waals surface area contributed by atoms with E-state index in [1.54, 1.807) is 40.7 Å². The van der Waals surface area contributed by atoms with Crippen molar-refractivity contribution in [2.75, 3.05) is 7.05 Å². The van der Waals surface area contributed by atoms with Gasteiger partial charge in [0.1, 0.15) is 10.8 Å². The number of carbonyl (C=O) groups is 1. The van der Waals surface area contributed by atoms with Crippen molar-refractivity contribution < 1.29 is 9.32 Å². The van der Waals surface area contributed by atoms with Crippen molar-refractivity contribution in [1.82, 2.24) is 15.0 Å². The van der Waals surface area contributed by atoms with Gasteiger partial charge in [0.2, 0.25) is 5.91 Å². The minimum Gasteiger partial charge on any atom is -0.361 e. The lowest BCUT2D eigenvalue weighted by molar-refractivity contribution is -0.130. The van der Waals surface area contributed by atoms with Crippen molar-refractivity contribution >= 4 is 28.6 Å². The molecule has 3 aromatic heterocycles. The Balaban J connectivity index is 1.61. The van der Waals surface area contributed by atoms with Gasteiger partial charge < -0.3 is 9.42 Å². The first kappa shape index (κ1) is 14.9. The molecular formula is C15H15N3O2S2. The highest BCUT2D eigenvalue weighted by molar-refractivity contribution is 7.20. The van der Waals surface area contributed by atoms with Crippen LogP contribution >= 0.6 is 22.7 Å². The quantitative estimate of drug-likeness (QED) is 0.718. The number of hydrogen-bond acceptors (Lipinski definition) is 6. The number of aromatic nitrogens is 2. The molecule has 0 saturated carbocycles. The SMILES string of the molecule is Cc1cc(CC(=O)N(C)Cc2csc(-c3cccs3)n2)on1. The zero-order valence-electron chi connectivity index (χ0n) is 12.3. The zero-order chi connectivity index (χ0) is 15.5. The minimum absolute atomic E-state index is 0.0122. The first-order valence-corrected chi connectivity index (χ1v) is 8.52. The Bertz CT molecular complexity index is 761. The predicted molar refractivity (Wildman–Crippen MR) is 86.8 cm³/mol. The van der Waals surface area contributed by atoms with Crippen LogP contribution in [0.1, 0.15) is 17.1 Å². The summed E-state index contributed by atoms with van der Waals surface area (Å²) in [6, 6.07) is 5.84. The number of thiophene rings is 1. The number of rotatable bonds is 5. The third-order valence-corrected chi connectivity index (χ3v) is 5.04. The number of nitrogens with zero attached hydrogens (tertiary/aromatic N) is 3. The Morgan fingerprint density at radius 2 is 2.27 bits per heavy atom. The molecule has 0 spiro atoms. The highest BCUT2D eigenvalue weighted by Crippen LogP contribution is 2.28. The van der Waals surface area contributed by atoms with E-state index in [1.807, 2.05) is 29.8 Å². The molecule has 22 heavy (non-hydrogen) atoms. The van der Waals surface area contributed by atoms with Crippen LogP contribution in [0, 0.1) is 6.92 Å². The molecule has 0 aromatic carbocycles. The second kappa shape index (κ2) is 6.41. The number of thiazole rings is 1. The normalized spacial score (nSPS) is 10.8. The largest absolute Gasteiger partial charge is 0.361 e. The molecule has 5 nitrogen and oxygen atoms in total. The van der Waals surface area contributed by atoms with E-state index in [2.05, 4.69) is 10.1 Å². The maximum atomic E-state index is 12.2. The van der Waals surface area contributed by atoms with E-state index in [9.17, 15) is 4.79 Å². The van der Waals surface area contributed by atoms with Gasteiger partial charge in [-0.25, -0.2) is 4.98 Å². The average Bonchev–Trinajstić information content (AvgIpc) is 3.20. The lowest BCUT2D eigenvalue weighted by Crippen LogP contribution is -2.27. The predicted octanol–water partition coefficient (Wildman–Crippen LogP) is 3.37. The standard InChI is InChI=1S/C15H15N3O2S2/c1-10-6-12(20-17-10)7-14(19)18(2)8-11-9-22-15(16-11)13-4-3-5-21-13/h3-6,9H,7-8H2,1-2H3. The summed E-state index contributed by atoms with van der Waals surface area (Å²) in [5.74, 6) is 0.578. The Hall–Kier alpha value is -1.99. The van der Waals surface area contributed by atoms with Gasteiger partial charge in [-0.15, -0.1) is 22.7 Å². The topological polar surface area (TPSA) is 59.2 Å². The molecule has 1 amide bonds. The first-order chi connectivity index (χ1) is 10.6. The average molecular weight is 333 g/mol. The van der Waals surface area contributed by atoms with Gasteiger partial charge in [-0.3, -0.25) is 4.79 Å². The molecule has 7 heteroatoms. The van der Waals surface area contributed by atoms with E-state index in [1.165, 1.54) is 0 Å². The summed E-state index contributed by atoms with van der Waals surface area (Å²) < 4.78 is 5.08. The minimum atomic E-state index is -0.0122. The summed E-state index contributed by atoms with van der Waals surface area (Å²) in [5, 5.41) is 8.82. The third-order valence-electron chi connectivity index (χ3n) is 3.11. The molecule has 114 valence electrons. The van der Waals surface area contributed by atoms with Gasteiger partial charge in [-0.05, 0) is 18.4 Å². The zero-order valence-corrected chi connectivity index (χ0v) is 13.9. The van der Waals surface area contributed by atoms with Crippen LogP contribution in [0.25, 0.3) is 9.88 Å². The molecule has 0 N–H and O–H groups in total. The first-order valence-electron chi connectivity index (χ1n) is 6.76. The summed E-state index contributed by atoms with van der Waals surface area (Å²) in [6.07, 6.45) is 0.221. The second-order valence-corrected chi connectivity index (χ2v) is 6.79. The molecule has 3 aromatic rings. The fraction of sp³-hybridized carbons (Fsp3) is 0.267. The van der Waals surface area contributed by atoms with Crippen molar-refractivity contribution in [2.45, 2.75) is 19.9 Å². The van der Waals surface area contributed by atoms with Crippen molar-refractivity contribution in [2.24, 2.45) is 0 Å². The molecule has 3 heterocycles. The molecule has 0 aliphatic heterocycles. The maximum absolute atomic E-state index is 12.2. The Labute approximate surface area is 136 Å². The number of aryl methyl sites for hydroxylation is 1. The highest BCUT2D eigenvalue weighted by atomic mass is 32.1. The van der Waals surface area contributed by atoms with E-state index < -0.39 is 0 Å². The van der Waals surface area contributed by atoms with Gasteiger partial charge in [0.05, 0.1) is 29.2 Å². The highest BCUT2D eigenvalue weighted by Gasteiger charge is 2.15. The molecule has 0 saturated heterocycles. The van der Waals surface area contributed by atoms with Gasteiger partial charge >= 0.3 is 0 Å². The lowest BCUT2D eigenvalue weighted by Gasteiger charge is -2.14. The van der Waals surface area contributed by atoms with Crippen molar-refractivity contribution in [3.63, 3.8) is 0 Å². The fourth-order valence-corrected chi connectivity index (χ4v) is 3.63. The Morgan fingerprint density at radius 1 is 1.41 bits per heavy atom. The molecule has 0 bridgehead atoms. The van der Waals surface area contributed by atoms with Gasteiger partial charge in [0.25, 0.3) is 0 Å². The summed E-state index contributed by atoms with van der Waals surface area (Å²) in [7, 11) is 1.77. The molecule has 3 rings (SSSR count). The monoisotopic (exact) mass is 333 g/mol. The van der Waals surface area contributed by atoms with Crippen LogP contribution in [0.4, 0.5) is 0 Å². The number of likely N-dealkylation sites (N-methyl/N-ethyl adjacent to an activating group) is 1. The summed E-state index contributed by atoms with van der Waals surface area (Å²) in [6.45, 7) is 2.33. The Kier molecular flexibility index (Phi) is 4.35. The molecule has 0 aliphatic carbocycles. The Morgan fingerprint density at radius 3 is 2.95 bits per heavy atom. The molecule has 0 aliphatic rings. The van der Waals surface area contributed by atoms with E-state index in [0.717, 1.165) is 21.3 Å². The van der Waals surface area contributed by atoms with Crippen LogP contribution in [-0.2, 0) is 17.8 Å². The fourth-order valence-electron chi connectivity index (χ4n) is 2.01. The smallest absolute Gasteiger partial charge is 0.230 e. The van der Waals surface area contributed by atoms with E-state index in [-0.39, 0.29) is 12.3 Å². The third kappa shape index (κ3) is 3.42. The number of carbonyl (C=O) groups excluding carboxylic acids is 1. The molecule has 0 radical (unpaired) electrons. The van der Waals surface area contributed by atoms with Crippen LogP contribution in [0.2, 0.25) is 0 Å². The van der Waals surface area contributed by atoms with E-state index in [0.29, 0.717) is 12.3 Å². The van der Waals surface area contributed by atoms with Gasteiger partial charge in [0, 0.05) is 18.5 Å². The van der Waals surface area contributed by atoms with Gasteiger partial charge in [0.15, 0.2) is 0 Å². The van der Waals surface area contributed by atoms with Crippen molar-refractivity contribution in [3.8, 4) is 9.88 Å². The van der Waals surface area contributed by atoms with Gasteiger partial charge in [-0.1, -0.05) is 11.2 Å². The van der Waals surface area contributed by atoms with Crippen LogP contribution in [-0.4, -0.2) is 28.0 Å². The van der Waals surface area contributed by atoms with Crippen LogP contribution in [0.5, 0.6) is 0 Å². The second-order valence-electron chi connectivity index (χ2n) is 4.98. The van der Waals surface area contributed by atoms with Crippen LogP contribution in [0.15, 0.2) is 33.5 Å². The van der Waals surface area contributed by atoms with Crippen molar-refractivity contribution in [1.29, 1.82) is 0 Å². The van der Waals surface area contributed by atoms with Crippen LogP contribution in [0.3, 0.4) is 0 Å². The van der Waals surface area contributed by atoms with Crippen molar-refractivity contribution in [3.05, 3.63) is 46.1 Å². The summed E-state index contributed by atoms with van der Waals surface area (Å²) >= 11 is 3.27. The number of hydrogen-bond donors (Lipinski definition) is 0. The number of amides is 1. The molecule has 0 fully saturated rings. The summed E-state index contributed by atoms with van der Waals surface area (Å²) in [5.41, 5.74) is 1.68. The molecular weight excluding hydrogens is 318 g/mol. The molecule has 0 unspecified atom stereocenters. The molecule has 0 atom stereocenters. The summed E-state index contributed by atoms with van der Waals surface area (Å²) in [4.78, 5) is 19.6. The lowest BCUT2D eigenvalue weighted by atomic mass is 10.2. The van der Waals surface area contributed by atoms with E-state index >= 15 is 0 Å². The van der Waals surface area contributed by atoms with E-state index in [4.69, 9.17) is 4.52 Å². The van der Waals surface area contributed by atoms with Gasteiger partial charge in [-0.2, -0.15) is 0 Å².